The Balaban J connectivity index is 1.83. The molecule has 0 aliphatic heterocycles. The van der Waals surface area contributed by atoms with Crippen LogP contribution in [0.15, 0.2) is 78.9 Å². The van der Waals surface area contributed by atoms with Gasteiger partial charge in [-0.2, -0.15) is 12.2 Å². The summed E-state index contributed by atoms with van der Waals surface area (Å²) in [5, 5.41) is 3.55. The lowest BCUT2D eigenvalue weighted by Gasteiger charge is -2.07. The van der Waals surface area contributed by atoms with Gasteiger partial charge in [-0.1, -0.05) is 54.6 Å². The summed E-state index contributed by atoms with van der Waals surface area (Å²) in [7, 11) is 0. The summed E-state index contributed by atoms with van der Waals surface area (Å²) in [5.74, 6) is 0. The van der Waals surface area contributed by atoms with Gasteiger partial charge >= 0.3 is 0 Å². The Morgan fingerprint density at radius 1 is 0.682 bits per heavy atom. The Bertz CT molecular complexity index is 969. The van der Waals surface area contributed by atoms with Gasteiger partial charge in [0.15, 0.2) is 0 Å². The molecule has 0 aliphatic rings. The molecule has 0 bridgehead atoms. The molecular formula is C21H14N-. The normalized spacial score (nSPS) is 11.5. The highest BCUT2D eigenvalue weighted by molar-refractivity contribution is 6.05. The zero-order valence-corrected chi connectivity index (χ0v) is 12.0. The maximum absolute atomic E-state index is 4.78. The lowest BCUT2D eigenvalue weighted by atomic mass is 10.1. The van der Waals surface area contributed by atoms with E-state index in [1.165, 1.54) is 10.8 Å². The fraction of sp³-hybridized carbons (Fsp3) is 0. The van der Waals surface area contributed by atoms with Gasteiger partial charge in [0.05, 0.1) is 5.52 Å². The minimum atomic E-state index is 0.854. The summed E-state index contributed by atoms with van der Waals surface area (Å²) in [4.78, 5) is 4.78. The second-order valence-electron chi connectivity index (χ2n) is 5.25. The van der Waals surface area contributed by atoms with Crippen molar-refractivity contribution in [2.24, 2.45) is 0 Å². The molecule has 1 heteroatoms. The Kier molecular flexibility index (Phi) is 3.17. The predicted octanol–water partition coefficient (Wildman–Crippen LogP) is 5.25. The molecule has 0 N–H and O–H groups in total. The Hall–Kier alpha value is -2.93. The van der Waals surface area contributed by atoms with Crippen LogP contribution in [0.1, 0.15) is 11.3 Å². The summed E-state index contributed by atoms with van der Waals surface area (Å²) in [6.07, 6.45) is 5.25. The summed E-state index contributed by atoms with van der Waals surface area (Å²) in [6.45, 7) is 0. The van der Waals surface area contributed by atoms with E-state index in [0.29, 0.717) is 0 Å². The van der Waals surface area contributed by atoms with Crippen molar-refractivity contribution in [2.75, 3.05) is 0 Å². The van der Waals surface area contributed by atoms with Crippen LogP contribution in [0.4, 0.5) is 0 Å². The molecular weight excluding hydrogens is 266 g/mol. The van der Waals surface area contributed by atoms with E-state index in [4.69, 9.17) is 4.98 Å². The van der Waals surface area contributed by atoms with Gasteiger partial charge < -0.3 is 0 Å². The zero-order valence-electron chi connectivity index (χ0n) is 12.0. The van der Waals surface area contributed by atoms with Gasteiger partial charge in [-0.3, -0.25) is 4.98 Å². The maximum Gasteiger partial charge on any atom is 0.0751 e. The van der Waals surface area contributed by atoms with Crippen molar-refractivity contribution in [3.8, 4) is 0 Å². The van der Waals surface area contributed by atoms with Crippen LogP contribution in [-0.4, -0.2) is 4.98 Å². The van der Waals surface area contributed by atoms with Gasteiger partial charge in [0.25, 0.3) is 0 Å². The van der Waals surface area contributed by atoms with Crippen LogP contribution in [0.3, 0.4) is 0 Å². The molecule has 0 aliphatic carbocycles. The number of nitrogens with zero attached hydrogens (tertiary/aromatic N) is 1. The molecule has 104 valence electrons. The van der Waals surface area contributed by atoms with Crippen LogP contribution in [0.2, 0.25) is 0 Å². The molecule has 4 rings (SSSR count). The first kappa shape index (κ1) is 12.8. The average molecular weight is 280 g/mol. The molecule has 0 spiro atoms. The highest BCUT2D eigenvalue weighted by Gasteiger charge is 1.99. The largest absolute Gasteiger partial charge is 0.274 e. The minimum absolute atomic E-state index is 0.854. The van der Waals surface area contributed by atoms with Crippen molar-refractivity contribution >= 4 is 27.8 Å². The first-order chi connectivity index (χ1) is 10.9. The quantitative estimate of drug-likeness (QED) is 0.361. The number of hydrogen-bond acceptors (Lipinski definition) is 1. The number of fused-ring (bicyclic) bond motifs is 3. The number of rotatable bonds is 2. The second-order valence-corrected chi connectivity index (χ2v) is 5.25. The molecule has 3 aromatic carbocycles. The first-order valence-corrected chi connectivity index (χ1v) is 7.33. The van der Waals surface area contributed by atoms with Crippen molar-refractivity contribution in [3.63, 3.8) is 0 Å². The maximum atomic E-state index is 4.78. The predicted molar refractivity (Wildman–Crippen MR) is 92.5 cm³/mol. The third-order valence-electron chi connectivity index (χ3n) is 3.77. The highest BCUT2D eigenvalue weighted by atomic mass is 14.7. The summed E-state index contributed by atoms with van der Waals surface area (Å²) < 4.78 is 0. The van der Waals surface area contributed by atoms with Gasteiger partial charge in [-0.25, -0.2) is 0 Å². The molecule has 1 heterocycles. The third kappa shape index (κ3) is 2.38. The lowest BCUT2D eigenvalue weighted by molar-refractivity contribution is 1.33. The van der Waals surface area contributed by atoms with E-state index in [0.717, 1.165) is 22.2 Å². The number of pyridine rings is 1. The van der Waals surface area contributed by atoms with Crippen molar-refractivity contribution in [3.05, 3.63) is 96.2 Å². The van der Waals surface area contributed by atoms with E-state index < -0.39 is 0 Å². The SMILES string of the molecule is [C-](=Cc1ccccc1)c1ccc2ccc3ccccc3c2n1. The lowest BCUT2D eigenvalue weighted by Crippen LogP contribution is -1.86. The Morgan fingerprint density at radius 3 is 2.32 bits per heavy atom. The smallest absolute Gasteiger partial charge is 0.0751 e. The van der Waals surface area contributed by atoms with Crippen LogP contribution >= 0.6 is 0 Å². The standard InChI is InChI=1S/C21H14N/c1-2-6-16(7-3-1)10-14-19-15-13-18-12-11-17-8-4-5-9-20(17)21(18)22-19/h1-13,15H/q-1. The monoisotopic (exact) mass is 280 g/mol. The molecule has 1 nitrogen and oxygen atoms in total. The fourth-order valence-corrected chi connectivity index (χ4v) is 2.64. The summed E-state index contributed by atoms with van der Waals surface area (Å²) in [5.41, 5.74) is 3.01. The molecule has 4 aromatic rings. The Labute approximate surface area is 129 Å². The van der Waals surface area contributed by atoms with Gasteiger partial charge in [0.2, 0.25) is 0 Å². The van der Waals surface area contributed by atoms with E-state index in [2.05, 4.69) is 60.7 Å². The van der Waals surface area contributed by atoms with Crippen molar-refractivity contribution in [1.82, 2.24) is 4.98 Å². The van der Waals surface area contributed by atoms with Crippen LogP contribution in [0.5, 0.6) is 0 Å². The molecule has 0 radical (unpaired) electrons. The number of benzene rings is 3. The Morgan fingerprint density at radius 2 is 1.41 bits per heavy atom. The topological polar surface area (TPSA) is 12.9 Å². The molecule has 22 heavy (non-hydrogen) atoms. The second kappa shape index (κ2) is 5.45. The number of aromatic nitrogens is 1. The summed E-state index contributed by atoms with van der Waals surface area (Å²) in [6, 6.07) is 26.9. The zero-order chi connectivity index (χ0) is 14.8. The fourth-order valence-electron chi connectivity index (χ4n) is 2.64. The number of hydrogen-bond donors (Lipinski definition) is 0. The van der Waals surface area contributed by atoms with Crippen molar-refractivity contribution in [1.29, 1.82) is 0 Å². The van der Waals surface area contributed by atoms with Gasteiger partial charge in [0, 0.05) is 5.39 Å². The minimum Gasteiger partial charge on any atom is -0.274 e. The molecule has 0 saturated heterocycles. The molecule has 0 saturated carbocycles. The van der Waals surface area contributed by atoms with E-state index >= 15 is 0 Å². The van der Waals surface area contributed by atoms with Crippen molar-refractivity contribution < 1.29 is 0 Å². The van der Waals surface area contributed by atoms with Crippen LogP contribution in [-0.2, 0) is 0 Å². The van der Waals surface area contributed by atoms with Gasteiger partial charge in [0.1, 0.15) is 0 Å². The van der Waals surface area contributed by atoms with Gasteiger partial charge in [-0.15, -0.1) is 29.8 Å². The molecule has 0 unspecified atom stereocenters. The molecule has 1 aromatic heterocycles. The van der Waals surface area contributed by atoms with Crippen LogP contribution in [0.25, 0.3) is 27.8 Å². The third-order valence-corrected chi connectivity index (χ3v) is 3.77. The van der Waals surface area contributed by atoms with Crippen LogP contribution in [0, 0.1) is 6.08 Å². The van der Waals surface area contributed by atoms with E-state index in [9.17, 15) is 0 Å². The van der Waals surface area contributed by atoms with Crippen LogP contribution < -0.4 is 0 Å². The summed E-state index contributed by atoms with van der Waals surface area (Å²) >= 11 is 0. The molecule has 0 amide bonds. The molecule has 0 atom stereocenters. The first-order valence-electron chi connectivity index (χ1n) is 7.33. The van der Waals surface area contributed by atoms with Gasteiger partial charge in [-0.05, 0) is 16.5 Å². The average Bonchev–Trinajstić information content (AvgIpc) is 2.60. The highest BCUT2D eigenvalue weighted by Crippen LogP contribution is 2.24. The van der Waals surface area contributed by atoms with E-state index in [1.54, 1.807) is 0 Å². The van der Waals surface area contributed by atoms with E-state index in [1.807, 2.05) is 30.3 Å². The van der Waals surface area contributed by atoms with Crippen molar-refractivity contribution in [2.45, 2.75) is 0 Å². The van der Waals surface area contributed by atoms with E-state index in [-0.39, 0.29) is 0 Å². The molecule has 0 fully saturated rings.